The van der Waals surface area contributed by atoms with E-state index < -0.39 is 0 Å². The highest BCUT2D eigenvalue weighted by Crippen LogP contribution is 2.39. The van der Waals surface area contributed by atoms with Crippen molar-refractivity contribution < 1.29 is 9.21 Å². The highest BCUT2D eigenvalue weighted by atomic mass is 16.3. The predicted octanol–water partition coefficient (Wildman–Crippen LogP) is 2.91. The van der Waals surface area contributed by atoms with E-state index in [1.807, 2.05) is 26.0 Å². The molecule has 2 aromatic rings. The number of nitrogens with one attached hydrogen (secondary N) is 1. The second kappa shape index (κ2) is 4.88. The zero-order chi connectivity index (χ0) is 15.2. The van der Waals surface area contributed by atoms with Gasteiger partial charge in [0.15, 0.2) is 5.76 Å². The molecule has 0 aliphatic heterocycles. The molecule has 0 radical (unpaired) electrons. The molecule has 3 N–H and O–H groups in total. The van der Waals surface area contributed by atoms with Crippen molar-refractivity contribution in [2.75, 3.05) is 6.54 Å². The Bertz CT molecular complexity index is 661. The lowest BCUT2D eigenvalue weighted by Gasteiger charge is -2.28. The first kappa shape index (κ1) is 14.1. The molecule has 1 saturated carbocycles. The lowest BCUT2D eigenvalue weighted by molar-refractivity contribution is 0.0871. The number of carbonyl (C=O) groups excluding carboxylic acids is 1. The van der Waals surface area contributed by atoms with Gasteiger partial charge >= 0.3 is 0 Å². The second-order valence-corrected chi connectivity index (χ2v) is 6.43. The van der Waals surface area contributed by atoms with Gasteiger partial charge in [0.1, 0.15) is 5.58 Å². The van der Waals surface area contributed by atoms with Crippen molar-refractivity contribution in [2.24, 2.45) is 11.7 Å². The summed E-state index contributed by atoms with van der Waals surface area (Å²) in [5, 5.41) is 4.02. The van der Waals surface area contributed by atoms with Crippen molar-refractivity contribution in [1.29, 1.82) is 0 Å². The number of nitrogens with two attached hydrogens (primary N) is 1. The van der Waals surface area contributed by atoms with E-state index in [4.69, 9.17) is 10.2 Å². The Morgan fingerprint density at radius 3 is 2.62 bits per heavy atom. The van der Waals surface area contributed by atoms with Crippen LogP contribution in [0, 0.1) is 19.8 Å². The topological polar surface area (TPSA) is 68.3 Å². The Morgan fingerprint density at radius 1 is 1.33 bits per heavy atom. The van der Waals surface area contributed by atoms with E-state index >= 15 is 0 Å². The van der Waals surface area contributed by atoms with Gasteiger partial charge in [-0.3, -0.25) is 4.79 Å². The smallest absolute Gasteiger partial charge is 0.287 e. The largest absolute Gasteiger partial charge is 0.451 e. The fourth-order valence-electron chi connectivity index (χ4n) is 2.78. The van der Waals surface area contributed by atoms with Gasteiger partial charge < -0.3 is 15.5 Å². The predicted molar refractivity (Wildman–Crippen MR) is 83.3 cm³/mol. The first-order valence-corrected chi connectivity index (χ1v) is 7.46. The van der Waals surface area contributed by atoms with Crippen molar-refractivity contribution in [2.45, 2.75) is 39.2 Å². The molecule has 4 heteroatoms. The maximum Gasteiger partial charge on any atom is 0.287 e. The van der Waals surface area contributed by atoms with Gasteiger partial charge in [-0.25, -0.2) is 0 Å². The van der Waals surface area contributed by atoms with Crippen LogP contribution in [0.5, 0.6) is 0 Å². The van der Waals surface area contributed by atoms with E-state index in [-0.39, 0.29) is 11.4 Å². The van der Waals surface area contributed by atoms with Crippen molar-refractivity contribution >= 4 is 16.9 Å². The number of carbonyl (C=O) groups is 1. The number of aryl methyl sites for hydroxylation is 2. The van der Waals surface area contributed by atoms with Gasteiger partial charge in [0, 0.05) is 11.9 Å². The molecule has 1 aromatic carbocycles. The molecule has 1 fully saturated rings. The molecule has 1 unspecified atom stereocenters. The van der Waals surface area contributed by atoms with Gasteiger partial charge in [0.25, 0.3) is 5.91 Å². The van der Waals surface area contributed by atoms with Crippen LogP contribution in [0.25, 0.3) is 11.0 Å². The van der Waals surface area contributed by atoms with Crippen LogP contribution >= 0.6 is 0 Å². The van der Waals surface area contributed by atoms with Crippen LogP contribution in [0.15, 0.2) is 22.6 Å². The summed E-state index contributed by atoms with van der Waals surface area (Å²) in [6, 6.07) is 5.83. The highest BCUT2D eigenvalue weighted by Gasteiger charge is 2.42. The standard InChI is InChI=1S/C17H22N2O2/c1-10-6-12-8-15(21-14(12)7-11(10)2)16(20)19-17(3,9-18)13-4-5-13/h6-8,13H,4-5,9,18H2,1-3H3,(H,19,20). The van der Waals surface area contributed by atoms with E-state index in [0.29, 0.717) is 18.2 Å². The quantitative estimate of drug-likeness (QED) is 0.908. The maximum atomic E-state index is 12.4. The average Bonchev–Trinajstić information content (AvgIpc) is 3.22. The fraction of sp³-hybridized carbons (Fsp3) is 0.471. The third-order valence-electron chi connectivity index (χ3n) is 4.66. The van der Waals surface area contributed by atoms with Crippen LogP contribution in [0.1, 0.15) is 41.4 Å². The van der Waals surface area contributed by atoms with Crippen molar-refractivity contribution in [3.63, 3.8) is 0 Å². The number of furan rings is 1. The minimum atomic E-state index is -0.331. The van der Waals surface area contributed by atoms with E-state index in [2.05, 4.69) is 12.2 Å². The summed E-state index contributed by atoms with van der Waals surface area (Å²) in [6.45, 7) is 6.55. The molecule has 3 rings (SSSR count). The van der Waals surface area contributed by atoms with Gasteiger partial charge in [-0.15, -0.1) is 0 Å². The van der Waals surface area contributed by atoms with Gasteiger partial charge in [-0.1, -0.05) is 0 Å². The van der Waals surface area contributed by atoms with Crippen molar-refractivity contribution in [1.82, 2.24) is 5.32 Å². The van der Waals surface area contributed by atoms with Crippen LogP contribution < -0.4 is 11.1 Å². The molecule has 1 amide bonds. The normalized spacial score (nSPS) is 17.7. The molecule has 1 aromatic heterocycles. The average molecular weight is 286 g/mol. The van der Waals surface area contributed by atoms with Crippen molar-refractivity contribution in [3.8, 4) is 0 Å². The number of amides is 1. The minimum absolute atomic E-state index is 0.179. The minimum Gasteiger partial charge on any atom is -0.451 e. The zero-order valence-corrected chi connectivity index (χ0v) is 12.8. The Morgan fingerprint density at radius 2 is 2.00 bits per heavy atom. The van der Waals surface area contributed by atoms with Gasteiger partial charge in [-0.2, -0.15) is 0 Å². The number of hydrogen-bond donors (Lipinski definition) is 2. The third-order valence-corrected chi connectivity index (χ3v) is 4.66. The molecule has 1 atom stereocenters. The van der Waals surface area contributed by atoms with E-state index in [0.717, 1.165) is 29.4 Å². The molecular formula is C17H22N2O2. The summed E-state index contributed by atoms with van der Waals surface area (Å²) in [6.07, 6.45) is 2.26. The first-order valence-electron chi connectivity index (χ1n) is 7.46. The maximum absolute atomic E-state index is 12.4. The Hall–Kier alpha value is -1.81. The fourth-order valence-corrected chi connectivity index (χ4v) is 2.78. The molecule has 1 aliphatic rings. The number of fused-ring (bicyclic) bond motifs is 1. The summed E-state index contributed by atoms with van der Waals surface area (Å²) in [4.78, 5) is 12.4. The molecule has 0 spiro atoms. The molecule has 0 saturated heterocycles. The SMILES string of the molecule is Cc1cc2cc(C(=O)NC(C)(CN)C3CC3)oc2cc1C. The third kappa shape index (κ3) is 2.56. The summed E-state index contributed by atoms with van der Waals surface area (Å²) in [5.41, 5.74) is 8.62. The summed E-state index contributed by atoms with van der Waals surface area (Å²) in [5.74, 6) is 0.664. The Kier molecular flexibility index (Phi) is 3.29. The van der Waals surface area contributed by atoms with E-state index in [9.17, 15) is 4.79 Å². The zero-order valence-electron chi connectivity index (χ0n) is 12.8. The lowest BCUT2D eigenvalue weighted by atomic mass is 9.96. The molecule has 21 heavy (non-hydrogen) atoms. The number of rotatable bonds is 4. The Balaban J connectivity index is 1.87. The highest BCUT2D eigenvalue weighted by molar-refractivity contribution is 5.96. The van der Waals surface area contributed by atoms with Crippen LogP contribution in [0.3, 0.4) is 0 Å². The Labute approximate surface area is 124 Å². The van der Waals surface area contributed by atoms with Crippen LogP contribution in [0.4, 0.5) is 0 Å². The number of hydrogen-bond acceptors (Lipinski definition) is 3. The first-order chi connectivity index (χ1) is 9.93. The van der Waals surface area contributed by atoms with E-state index in [1.54, 1.807) is 6.07 Å². The molecular weight excluding hydrogens is 264 g/mol. The van der Waals surface area contributed by atoms with Crippen LogP contribution in [-0.4, -0.2) is 18.0 Å². The van der Waals surface area contributed by atoms with Gasteiger partial charge in [-0.05, 0) is 68.9 Å². The van der Waals surface area contributed by atoms with E-state index in [1.165, 1.54) is 5.56 Å². The molecule has 112 valence electrons. The van der Waals surface area contributed by atoms with Crippen LogP contribution in [-0.2, 0) is 0 Å². The molecule has 0 bridgehead atoms. The summed E-state index contributed by atoms with van der Waals surface area (Å²) < 4.78 is 5.70. The molecule has 4 nitrogen and oxygen atoms in total. The molecule has 1 aliphatic carbocycles. The van der Waals surface area contributed by atoms with Crippen molar-refractivity contribution in [3.05, 3.63) is 35.1 Å². The summed E-state index contributed by atoms with van der Waals surface area (Å²) >= 11 is 0. The summed E-state index contributed by atoms with van der Waals surface area (Å²) in [7, 11) is 0. The van der Waals surface area contributed by atoms with Gasteiger partial charge in [0.05, 0.1) is 5.54 Å². The lowest BCUT2D eigenvalue weighted by Crippen LogP contribution is -2.53. The van der Waals surface area contributed by atoms with Gasteiger partial charge in [0.2, 0.25) is 0 Å². The monoisotopic (exact) mass is 286 g/mol. The molecule has 1 heterocycles. The van der Waals surface area contributed by atoms with Crippen LogP contribution in [0.2, 0.25) is 0 Å². The number of benzene rings is 1. The second-order valence-electron chi connectivity index (χ2n) is 6.43.